The Bertz CT molecular complexity index is 917. The van der Waals surface area contributed by atoms with Crippen LogP contribution in [0.4, 0.5) is 0 Å². The molecule has 0 radical (unpaired) electrons. The van der Waals surface area contributed by atoms with Crippen LogP contribution in [0.3, 0.4) is 0 Å². The highest BCUT2D eigenvalue weighted by molar-refractivity contribution is 9.10. The molecule has 2 heterocycles. The molecule has 0 saturated heterocycles. The van der Waals surface area contributed by atoms with Gasteiger partial charge < -0.3 is 4.98 Å². The Kier molecular flexibility index (Phi) is 4.17. The van der Waals surface area contributed by atoms with Crippen molar-refractivity contribution in [2.75, 3.05) is 0 Å². The first-order valence-corrected chi connectivity index (χ1v) is 8.27. The third-order valence-corrected chi connectivity index (χ3v) is 4.91. The lowest BCUT2D eigenvalue weighted by atomic mass is 10.2. The van der Waals surface area contributed by atoms with E-state index in [1.165, 1.54) is 11.3 Å². The minimum absolute atomic E-state index is 0.267. The summed E-state index contributed by atoms with van der Waals surface area (Å²) in [6.07, 6.45) is 1.76. The highest BCUT2D eigenvalue weighted by atomic mass is 79.9. The quantitative estimate of drug-likeness (QED) is 0.646. The molecule has 3 rings (SSSR count). The molecule has 0 atom stereocenters. The molecule has 21 heavy (non-hydrogen) atoms. The second-order valence-corrected chi connectivity index (χ2v) is 6.94. The van der Waals surface area contributed by atoms with Gasteiger partial charge in [0.25, 0.3) is 5.56 Å². The zero-order valence-electron chi connectivity index (χ0n) is 10.4. The van der Waals surface area contributed by atoms with Crippen LogP contribution in [0.15, 0.2) is 38.9 Å². The average Bonchev–Trinajstić information content (AvgIpc) is 2.84. The second-order valence-electron chi connectivity index (χ2n) is 4.24. The van der Waals surface area contributed by atoms with E-state index in [1.54, 1.807) is 24.3 Å². The predicted molar refractivity (Wildman–Crippen MR) is 93.1 cm³/mol. The maximum atomic E-state index is 12.1. The fraction of sp³-hybridized carbons (Fsp3) is 0. The lowest BCUT2D eigenvalue weighted by molar-refractivity contribution is 1.14. The minimum atomic E-state index is -0.267. The van der Waals surface area contributed by atoms with Gasteiger partial charge in [0.1, 0.15) is 0 Å². The SMILES string of the molecule is O=c1[nH]c(/C(Cl)=C/c2cc(Br)cs2)nc2ccc(Cl)cc12. The Morgan fingerprint density at radius 1 is 1.38 bits per heavy atom. The third-order valence-electron chi connectivity index (χ3n) is 2.75. The van der Waals surface area contributed by atoms with Crippen LogP contribution in [0, 0.1) is 0 Å². The molecule has 3 nitrogen and oxygen atoms in total. The predicted octanol–water partition coefficient (Wildman–Crippen LogP) is 5.14. The van der Waals surface area contributed by atoms with Gasteiger partial charge in [-0.2, -0.15) is 0 Å². The standard InChI is InChI=1S/C14H7BrCl2N2OS/c15-7-3-9(21-6-7)5-11(17)13-18-12-2-1-8(16)4-10(12)14(20)19-13/h1-6H,(H,18,19,20)/b11-5-. The Morgan fingerprint density at radius 3 is 2.90 bits per heavy atom. The Labute approximate surface area is 142 Å². The van der Waals surface area contributed by atoms with E-state index >= 15 is 0 Å². The molecule has 1 N–H and O–H groups in total. The van der Waals surface area contributed by atoms with Gasteiger partial charge in [-0.3, -0.25) is 4.79 Å². The van der Waals surface area contributed by atoms with Crippen molar-refractivity contribution in [3.63, 3.8) is 0 Å². The number of nitrogens with one attached hydrogen (secondary N) is 1. The summed E-state index contributed by atoms with van der Waals surface area (Å²) in [7, 11) is 0. The summed E-state index contributed by atoms with van der Waals surface area (Å²) in [6.45, 7) is 0. The smallest absolute Gasteiger partial charge is 0.259 e. The topological polar surface area (TPSA) is 45.8 Å². The van der Waals surface area contributed by atoms with Crippen molar-refractivity contribution in [2.24, 2.45) is 0 Å². The lowest BCUT2D eigenvalue weighted by Gasteiger charge is -2.02. The number of aromatic nitrogens is 2. The minimum Gasteiger partial charge on any atom is -0.305 e. The molecule has 3 aromatic rings. The molecule has 0 aliphatic heterocycles. The van der Waals surface area contributed by atoms with E-state index in [0.717, 1.165) is 9.35 Å². The average molecular weight is 402 g/mol. The van der Waals surface area contributed by atoms with Gasteiger partial charge in [-0.1, -0.05) is 23.2 Å². The Hall–Kier alpha value is -1.14. The van der Waals surface area contributed by atoms with E-state index in [9.17, 15) is 4.79 Å². The van der Waals surface area contributed by atoms with Crippen LogP contribution >= 0.6 is 50.5 Å². The summed E-state index contributed by atoms with van der Waals surface area (Å²) < 4.78 is 0.984. The zero-order chi connectivity index (χ0) is 15.0. The van der Waals surface area contributed by atoms with E-state index in [4.69, 9.17) is 23.2 Å². The molecule has 0 saturated carbocycles. The summed E-state index contributed by atoms with van der Waals surface area (Å²) in [5.41, 5.74) is 0.286. The molecule has 1 aromatic carbocycles. The van der Waals surface area contributed by atoms with Gasteiger partial charge in [-0.15, -0.1) is 11.3 Å². The Balaban J connectivity index is 2.10. The molecule has 0 fully saturated rings. The van der Waals surface area contributed by atoms with Crippen molar-refractivity contribution in [1.82, 2.24) is 9.97 Å². The first kappa shape index (κ1) is 14.8. The van der Waals surface area contributed by atoms with Crippen molar-refractivity contribution in [3.8, 4) is 0 Å². The molecule has 106 valence electrons. The van der Waals surface area contributed by atoms with Crippen LogP contribution in [0.2, 0.25) is 5.02 Å². The van der Waals surface area contributed by atoms with Crippen molar-refractivity contribution in [1.29, 1.82) is 0 Å². The second kappa shape index (κ2) is 5.93. The van der Waals surface area contributed by atoms with Gasteiger partial charge in [0.2, 0.25) is 0 Å². The lowest BCUT2D eigenvalue weighted by Crippen LogP contribution is -2.10. The molecule has 0 aliphatic carbocycles. The van der Waals surface area contributed by atoms with Crippen LogP contribution in [0.5, 0.6) is 0 Å². The van der Waals surface area contributed by atoms with Crippen molar-refractivity contribution in [2.45, 2.75) is 0 Å². The fourth-order valence-electron chi connectivity index (χ4n) is 1.82. The van der Waals surface area contributed by atoms with Gasteiger partial charge >= 0.3 is 0 Å². The molecule has 0 aliphatic rings. The summed E-state index contributed by atoms with van der Waals surface area (Å²) in [6, 6.07) is 6.91. The number of hydrogen-bond acceptors (Lipinski definition) is 3. The number of fused-ring (bicyclic) bond motifs is 1. The normalized spacial score (nSPS) is 12.0. The van der Waals surface area contributed by atoms with E-state index in [-0.39, 0.29) is 5.56 Å². The molecule has 7 heteroatoms. The van der Waals surface area contributed by atoms with Gasteiger partial charge in [-0.05, 0) is 46.3 Å². The number of halogens is 3. The molecule has 0 amide bonds. The van der Waals surface area contributed by atoms with Gasteiger partial charge in [0.15, 0.2) is 5.82 Å². The molecule has 0 unspecified atom stereocenters. The number of aromatic amines is 1. The van der Waals surface area contributed by atoms with E-state index in [0.29, 0.717) is 26.8 Å². The van der Waals surface area contributed by atoms with Crippen molar-refractivity contribution < 1.29 is 0 Å². The number of hydrogen-bond donors (Lipinski definition) is 1. The van der Waals surface area contributed by atoms with Crippen molar-refractivity contribution >= 4 is 72.5 Å². The first-order chi connectivity index (χ1) is 10.0. The van der Waals surface area contributed by atoms with Crippen LogP contribution in [-0.2, 0) is 0 Å². The Morgan fingerprint density at radius 2 is 2.19 bits per heavy atom. The van der Waals surface area contributed by atoms with Gasteiger partial charge in [0.05, 0.1) is 15.9 Å². The first-order valence-electron chi connectivity index (χ1n) is 5.84. The monoisotopic (exact) mass is 400 g/mol. The maximum absolute atomic E-state index is 12.1. The number of nitrogens with zero attached hydrogens (tertiary/aromatic N) is 1. The summed E-state index contributed by atoms with van der Waals surface area (Å²) in [5, 5.41) is 3.26. The number of thiophene rings is 1. The molecule has 2 aromatic heterocycles. The van der Waals surface area contributed by atoms with Gasteiger partial charge in [0, 0.05) is 19.8 Å². The van der Waals surface area contributed by atoms with E-state index in [1.807, 2.05) is 11.4 Å². The van der Waals surface area contributed by atoms with Crippen molar-refractivity contribution in [3.05, 3.63) is 60.2 Å². The number of rotatable bonds is 2. The summed E-state index contributed by atoms with van der Waals surface area (Å²) >= 11 is 17.0. The van der Waals surface area contributed by atoms with Crippen LogP contribution in [-0.4, -0.2) is 9.97 Å². The maximum Gasteiger partial charge on any atom is 0.259 e. The summed E-state index contributed by atoms with van der Waals surface area (Å²) in [5.74, 6) is 0.334. The fourth-order valence-corrected chi connectivity index (χ4v) is 3.64. The van der Waals surface area contributed by atoms with Crippen LogP contribution in [0.25, 0.3) is 22.0 Å². The highest BCUT2D eigenvalue weighted by Gasteiger charge is 2.08. The zero-order valence-corrected chi connectivity index (χ0v) is 14.3. The molecule has 0 bridgehead atoms. The van der Waals surface area contributed by atoms with Crippen LogP contribution in [0.1, 0.15) is 10.7 Å². The molecular formula is C14H7BrCl2N2OS. The largest absolute Gasteiger partial charge is 0.305 e. The van der Waals surface area contributed by atoms with Gasteiger partial charge in [-0.25, -0.2) is 4.98 Å². The van der Waals surface area contributed by atoms with E-state index < -0.39 is 0 Å². The summed E-state index contributed by atoms with van der Waals surface area (Å²) in [4.78, 5) is 20.1. The van der Waals surface area contributed by atoms with Crippen LogP contribution < -0.4 is 5.56 Å². The van der Waals surface area contributed by atoms with E-state index in [2.05, 4.69) is 25.9 Å². The number of H-pyrrole nitrogens is 1. The number of benzene rings is 1. The molecular weight excluding hydrogens is 395 g/mol. The third kappa shape index (κ3) is 3.21. The highest BCUT2D eigenvalue weighted by Crippen LogP contribution is 2.26. The molecule has 0 spiro atoms.